The molecular formula is C80H118ClO20P3. The maximum atomic E-state index is 13.5. The highest BCUT2D eigenvalue weighted by atomic mass is 35.5. The number of esters is 2. The van der Waals surface area contributed by atoms with Gasteiger partial charge in [0, 0.05) is 12.8 Å². The van der Waals surface area contributed by atoms with Gasteiger partial charge in [-0.1, -0.05) is 182 Å². The van der Waals surface area contributed by atoms with Gasteiger partial charge in [0.25, 0.3) is 0 Å². The first-order valence-corrected chi connectivity index (χ1v) is 42.6. The number of benzene rings is 4. The van der Waals surface area contributed by atoms with E-state index in [1.807, 2.05) is 121 Å². The lowest BCUT2D eigenvalue weighted by molar-refractivity contribution is -0.174. The third kappa shape index (κ3) is 21.0. The molecule has 20 atom stereocenters. The van der Waals surface area contributed by atoms with Gasteiger partial charge in [0.2, 0.25) is 13.6 Å². The van der Waals surface area contributed by atoms with Crippen molar-refractivity contribution in [2.24, 2.45) is 92.7 Å². The monoisotopic (exact) mass is 1530 g/mol. The second kappa shape index (κ2) is 37.3. The standard InChI is InChI=1S/C39H55O8P.C25H43O8P.C15H16ClO4P.CH4/c1-27(32-15-16-33-37-34(19-21-39(32,33)3)38(2)20-18-31(40)22-30(38)23-35(37)41)14-17-36(42)44-26-47-48(43,45-24-28-10-6-4-7-11-28)46-25-29-12-8-5-9-13-29;1-15(4-7-22(28)32-14-33-34(29,30)31)18-5-6-19-23-20(9-11-25(18,19)3)24(2)10-8-17(26)12-16(24)13-21(23)27;16-13-20-21(17,18-11-14-7-3-1-4-8-14)19-12-15-9-5-2-6-10-15;/h4-13,27,30-35,37,40-41H,14-26H2,1-3H3;15-21,23,26-27H,4-14H2,1-3H3,(H2,29,30,31);1-10H,11-13H2;1H4/t27-,30+,31-,32-,33+,34+,35+,37+,38+,39-;15-,16+,17-,18-,19+,20+,21+,23+,24+,25-;;/m11../s1. The van der Waals surface area contributed by atoms with Crippen LogP contribution in [-0.2, 0) is 90.9 Å². The summed E-state index contributed by atoms with van der Waals surface area (Å²) in [6.07, 6.45) is 17.0. The molecule has 0 bridgehead atoms. The molecule has 0 amide bonds. The number of fused-ring (bicyclic) bond motifs is 10. The molecule has 104 heavy (non-hydrogen) atoms. The van der Waals surface area contributed by atoms with Crippen LogP contribution in [0.2, 0.25) is 0 Å². The Morgan fingerprint density at radius 3 is 1.10 bits per heavy atom. The van der Waals surface area contributed by atoms with Gasteiger partial charge in [-0.05, 0) is 231 Å². The van der Waals surface area contributed by atoms with E-state index >= 15 is 0 Å². The fourth-order valence-electron chi connectivity index (χ4n) is 21.1. The van der Waals surface area contributed by atoms with Crippen LogP contribution in [0.25, 0.3) is 0 Å². The minimum absolute atomic E-state index is 0. The molecule has 8 aliphatic carbocycles. The summed E-state index contributed by atoms with van der Waals surface area (Å²) in [6, 6.07) is 37.1. The molecule has 6 N–H and O–H groups in total. The lowest BCUT2D eigenvalue weighted by Gasteiger charge is -2.62. The van der Waals surface area contributed by atoms with Gasteiger partial charge in [0.05, 0.1) is 50.8 Å². The SMILES string of the molecule is C.C[C@H](CCC(=O)OCOP(=O)(O)O)[C@H]1CC[C@H]2[C@@H]3[C@@H](O)C[C@@H]4C[C@H](O)CC[C@]4(C)[C@H]3CC[C@]12C.C[C@H](CCC(=O)OCOP(=O)(OCc1ccccc1)OCc1ccccc1)[C@H]1CC[C@H]2[C@@H]3[C@@H](O)C[C@@H]4C[C@H](O)CC[C@]4(C)[C@H]3CC[C@]12C.O=P(OCCl)(OCc1ccccc1)OCc1ccccc1. The lowest BCUT2D eigenvalue weighted by atomic mass is 9.43. The number of hydrogen-bond acceptors (Lipinski definition) is 18. The average molecular weight is 1530 g/mol. The van der Waals surface area contributed by atoms with Crippen LogP contribution < -0.4 is 0 Å². The number of aliphatic hydroxyl groups is 4. The Hall–Kier alpha value is -3.72. The Labute approximate surface area is 622 Å². The molecule has 4 aromatic rings. The van der Waals surface area contributed by atoms with E-state index in [1.165, 1.54) is 0 Å². The highest BCUT2D eigenvalue weighted by Gasteiger charge is 2.65. The highest BCUT2D eigenvalue weighted by molar-refractivity contribution is 7.48. The van der Waals surface area contributed by atoms with Gasteiger partial charge in [0.15, 0.2) is 0 Å². The fourth-order valence-corrected chi connectivity index (χ4v) is 23.6. The van der Waals surface area contributed by atoms with Crippen LogP contribution >= 0.6 is 35.1 Å². The molecule has 24 heteroatoms. The summed E-state index contributed by atoms with van der Waals surface area (Å²) in [4.78, 5) is 42.3. The molecule has 0 aromatic heterocycles. The van der Waals surface area contributed by atoms with Crippen molar-refractivity contribution in [1.29, 1.82) is 0 Å². The number of aliphatic hydroxyl groups excluding tert-OH is 4. The fraction of sp³-hybridized carbons (Fsp3) is 0.675. The van der Waals surface area contributed by atoms with E-state index in [2.05, 4.69) is 46.1 Å². The predicted octanol–water partition coefficient (Wildman–Crippen LogP) is 17.8. The Bertz CT molecular complexity index is 3370. The number of rotatable bonds is 28. The molecule has 12 rings (SSSR count). The van der Waals surface area contributed by atoms with Crippen molar-refractivity contribution >= 4 is 47.0 Å². The van der Waals surface area contributed by atoms with Crippen molar-refractivity contribution in [2.45, 2.75) is 228 Å². The van der Waals surface area contributed by atoms with Gasteiger partial charge in [-0.2, -0.15) is 0 Å². The molecule has 0 aliphatic heterocycles. The minimum Gasteiger partial charge on any atom is -0.438 e. The third-order valence-corrected chi connectivity index (χ3v) is 29.8. The number of alkyl halides is 1. The van der Waals surface area contributed by atoms with Gasteiger partial charge < -0.3 is 39.7 Å². The third-order valence-electron chi connectivity index (χ3n) is 26.4. The molecule has 20 nitrogen and oxygen atoms in total. The predicted molar refractivity (Wildman–Crippen MR) is 397 cm³/mol. The molecule has 0 radical (unpaired) electrons. The van der Waals surface area contributed by atoms with Crippen molar-refractivity contribution in [3.05, 3.63) is 144 Å². The summed E-state index contributed by atoms with van der Waals surface area (Å²) in [5.74, 6) is 4.17. The Morgan fingerprint density at radius 2 is 0.760 bits per heavy atom. The van der Waals surface area contributed by atoms with E-state index in [9.17, 15) is 43.7 Å². The van der Waals surface area contributed by atoms with E-state index in [1.54, 1.807) is 0 Å². The molecule has 8 fully saturated rings. The van der Waals surface area contributed by atoms with Crippen LogP contribution in [0.15, 0.2) is 121 Å². The lowest BCUT2D eigenvalue weighted by Crippen LogP contribution is -2.58. The highest BCUT2D eigenvalue weighted by Crippen LogP contribution is 2.71. The topological polar surface area (TPSA) is 290 Å². The first kappa shape index (κ1) is 84.3. The summed E-state index contributed by atoms with van der Waals surface area (Å²) in [7, 11) is -12.4. The number of ether oxygens (including phenoxy) is 2. The summed E-state index contributed by atoms with van der Waals surface area (Å²) in [6.45, 7) is 13.2. The number of halogens is 1. The number of phosphoric ester groups is 3. The number of carbonyl (C=O) groups excluding carboxylic acids is 2. The van der Waals surface area contributed by atoms with Crippen LogP contribution in [0.4, 0.5) is 0 Å². The normalized spacial score (nSPS) is 33.3. The number of phosphoric acid groups is 3. The summed E-state index contributed by atoms with van der Waals surface area (Å²) >= 11 is 5.49. The molecular weight excluding hydrogens is 1410 g/mol. The van der Waals surface area contributed by atoms with E-state index < -0.39 is 49.0 Å². The van der Waals surface area contributed by atoms with Crippen LogP contribution in [-0.4, -0.2) is 86.2 Å². The average Bonchev–Trinajstić information content (AvgIpc) is 1.33. The first-order valence-electron chi connectivity index (χ1n) is 37.6. The van der Waals surface area contributed by atoms with Crippen LogP contribution in [0.5, 0.6) is 0 Å². The maximum Gasteiger partial charge on any atom is 0.478 e. The van der Waals surface area contributed by atoms with Gasteiger partial charge in [0.1, 0.15) is 6.07 Å². The number of carbonyl (C=O) groups is 2. The zero-order chi connectivity index (χ0) is 73.8. The van der Waals surface area contributed by atoms with E-state index in [0.29, 0.717) is 83.9 Å². The van der Waals surface area contributed by atoms with E-state index in [0.717, 1.165) is 125 Å². The van der Waals surface area contributed by atoms with Gasteiger partial charge in [-0.15, -0.1) is 0 Å². The summed E-state index contributed by atoms with van der Waals surface area (Å²) in [5, 5.41) is 43.5. The van der Waals surface area contributed by atoms with Crippen molar-refractivity contribution in [2.75, 3.05) is 19.7 Å². The molecule has 8 saturated carbocycles. The quantitative estimate of drug-likeness (QED) is 0.0133. The maximum absolute atomic E-state index is 13.5. The molecule has 0 heterocycles. The van der Waals surface area contributed by atoms with Crippen molar-refractivity contribution < 1.29 is 94.6 Å². The first-order chi connectivity index (χ1) is 49.1. The van der Waals surface area contributed by atoms with Crippen LogP contribution in [0.3, 0.4) is 0 Å². The smallest absolute Gasteiger partial charge is 0.438 e. The van der Waals surface area contributed by atoms with Gasteiger partial charge in [-0.3, -0.25) is 32.2 Å². The number of hydrogen-bond donors (Lipinski definition) is 6. The van der Waals surface area contributed by atoms with E-state index in [-0.39, 0.29) is 98.8 Å². The van der Waals surface area contributed by atoms with Gasteiger partial charge >= 0.3 is 35.4 Å². The molecule has 0 unspecified atom stereocenters. The minimum atomic E-state index is -4.65. The van der Waals surface area contributed by atoms with Gasteiger partial charge in [-0.25, -0.2) is 22.7 Å². The Balaban J connectivity index is 0.000000195. The summed E-state index contributed by atoms with van der Waals surface area (Å²) < 4.78 is 83.3. The van der Waals surface area contributed by atoms with Crippen molar-refractivity contribution in [3.63, 3.8) is 0 Å². The Morgan fingerprint density at radius 1 is 0.442 bits per heavy atom. The van der Waals surface area contributed by atoms with Crippen molar-refractivity contribution in [1.82, 2.24) is 0 Å². The second-order valence-corrected chi connectivity index (χ2v) is 36.9. The zero-order valence-electron chi connectivity index (χ0n) is 61.0. The van der Waals surface area contributed by atoms with Crippen LogP contribution in [0.1, 0.15) is 200 Å². The molecule has 0 saturated heterocycles. The summed E-state index contributed by atoms with van der Waals surface area (Å²) in [5.41, 5.74) is 4.10. The Kier molecular flexibility index (Phi) is 30.3. The van der Waals surface area contributed by atoms with E-state index in [4.69, 9.17) is 58.0 Å². The largest absolute Gasteiger partial charge is 0.478 e. The molecule has 580 valence electrons. The zero-order valence-corrected chi connectivity index (χ0v) is 64.4. The van der Waals surface area contributed by atoms with Crippen LogP contribution in [0, 0.1) is 92.7 Å². The second-order valence-electron chi connectivity index (χ2n) is 32.1. The molecule has 4 aromatic carbocycles. The molecule has 0 spiro atoms. The molecule has 8 aliphatic rings. The van der Waals surface area contributed by atoms with Crippen molar-refractivity contribution in [3.8, 4) is 0 Å².